The minimum absolute atomic E-state index is 1.09. The summed E-state index contributed by atoms with van der Waals surface area (Å²) in [6.07, 6.45) is 0. The Hall–Kier alpha value is -7.26. The Kier molecular flexibility index (Phi) is 8.42. The average molecular weight is 756 g/mol. The lowest BCUT2D eigenvalue weighted by Crippen LogP contribution is -2.12. The van der Waals surface area contributed by atoms with Crippen LogP contribution in [0.15, 0.2) is 224 Å². The van der Waals surface area contributed by atoms with Crippen LogP contribution in [0.4, 0.5) is 17.1 Å². The minimum atomic E-state index is 1.09. The first-order chi connectivity index (χ1) is 28.8. The molecule has 0 fully saturated rings. The zero-order chi connectivity index (χ0) is 38.4. The molecule has 58 heavy (non-hydrogen) atoms. The lowest BCUT2D eigenvalue weighted by atomic mass is 9.87. The van der Waals surface area contributed by atoms with Crippen LogP contribution in [0.3, 0.4) is 0 Å². The van der Waals surface area contributed by atoms with Crippen LogP contribution < -0.4 is 4.90 Å². The van der Waals surface area contributed by atoms with E-state index < -0.39 is 0 Å². The summed E-state index contributed by atoms with van der Waals surface area (Å²) in [7, 11) is 0. The highest BCUT2D eigenvalue weighted by Crippen LogP contribution is 2.50. The van der Waals surface area contributed by atoms with E-state index in [0.717, 1.165) is 17.1 Å². The Morgan fingerprint density at radius 1 is 0.310 bits per heavy atom. The van der Waals surface area contributed by atoms with E-state index in [9.17, 15) is 0 Å². The van der Waals surface area contributed by atoms with E-state index in [4.69, 9.17) is 0 Å². The van der Waals surface area contributed by atoms with Gasteiger partial charge in [0.15, 0.2) is 0 Å². The summed E-state index contributed by atoms with van der Waals surface area (Å²) < 4.78 is 2.64. The van der Waals surface area contributed by atoms with Crippen molar-refractivity contribution >= 4 is 70.1 Å². The number of nitrogens with zero attached hydrogens (tertiary/aromatic N) is 1. The largest absolute Gasteiger partial charge is 0.309 e. The molecule has 11 aromatic rings. The predicted molar refractivity (Wildman–Crippen MR) is 251 cm³/mol. The van der Waals surface area contributed by atoms with Gasteiger partial charge in [0.2, 0.25) is 0 Å². The third-order valence-corrected chi connectivity index (χ3v) is 12.7. The smallest absolute Gasteiger partial charge is 0.0546 e. The molecule has 0 unspecified atom stereocenters. The molecule has 1 heterocycles. The van der Waals surface area contributed by atoms with Gasteiger partial charge < -0.3 is 4.90 Å². The number of thiophene rings is 1. The van der Waals surface area contributed by atoms with Crippen molar-refractivity contribution in [2.75, 3.05) is 4.90 Å². The second-order valence-corrected chi connectivity index (χ2v) is 15.9. The Labute approximate surface area is 342 Å². The maximum absolute atomic E-state index is 2.50. The van der Waals surface area contributed by atoms with E-state index in [1.165, 1.54) is 86.2 Å². The molecule has 0 spiro atoms. The number of rotatable bonds is 7. The fourth-order valence-electron chi connectivity index (χ4n) is 8.83. The molecule has 2 heteroatoms. The minimum Gasteiger partial charge on any atom is -0.309 e. The molecule has 0 saturated heterocycles. The average Bonchev–Trinajstić information content (AvgIpc) is 3.69. The summed E-state index contributed by atoms with van der Waals surface area (Å²) in [6, 6.07) is 82.0. The molecule has 0 bridgehead atoms. The Morgan fingerprint density at radius 3 is 1.62 bits per heavy atom. The quantitative estimate of drug-likeness (QED) is 0.146. The second kappa shape index (κ2) is 14.4. The molecule has 0 aliphatic carbocycles. The van der Waals surface area contributed by atoms with Crippen LogP contribution >= 0.6 is 11.3 Å². The number of hydrogen-bond acceptors (Lipinski definition) is 2. The van der Waals surface area contributed by atoms with Gasteiger partial charge in [-0.2, -0.15) is 0 Å². The monoisotopic (exact) mass is 755 g/mol. The zero-order valence-electron chi connectivity index (χ0n) is 31.7. The van der Waals surface area contributed by atoms with Crippen molar-refractivity contribution in [3.63, 3.8) is 0 Å². The molecule has 11 rings (SSSR count). The fraction of sp³-hybridized carbons (Fsp3) is 0. The van der Waals surface area contributed by atoms with E-state index in [1.807, 2.05) is 11.3 Å². The van der Waals surface area contributed by atoms with Gasteiger partial charge in [0.1, 0.15) is 0 Å². The van der Waals surface area contributed by atoms with E-state index in [1.54, 1.807) is 0 Å². The van der Waals surface area contributed by atoms with Crippen LogP contribution in [0, 0.1) is 0 Å². The van der Waals surface area contributed by atoms with Crippen molar-refractivity contribution in [2.24, 2.45) is 0 Å². The Balaban J connectivity index is 1.20. The second-order valence-electron chi connectivity index (χ2n) is 14.8. The van der Waals surface area contributed by atoms with Gasteiger partial charge in [-0.25, -0.2) is 0 Å². The number of benzene rings is 10. The number of anilines is 3. The van der Waals surface area contributed by atoms with Gasteiger partial charge in [-0.05, 0) is 85.4 Å². The summed E-state index contributed by atoms with van der Waals surface area (Å²) in [4.78, 5) is 2.50. The molecular weight excluding hydrogens is 719 g/mol. The third-order valence-electron chi connectivity index (χ3n) is 11.5. The first kappa shape index (κ1) is 34.0. The molecule has 0 amide bonds. The van der Waals surface area contributed by atoms with Gasteiger partial charge in [0, 0.05) is 36.8 Å². The van der Waals surface area contributed by atoms with Gasteiger partial charge in [-0.1, -0.05) is 194 Å². The topological polar surface area (TPSA) is 3.24 Å². The summed E-state index contributed by atoms with van der Waals surface area (Å²) in [5.41, 5.74) is 12.9. The molecule has 0 aliphatic rings. The van der Waals surface area contributed by atoms with E-state index in [-0.39, 0.29) is 0 Å². The Morgan fingerprint density at radius 2 is 0.845 bits per heavy atom. The van der Waals surface area contributed by atoms with Crippen molar-refractivity contribution in [1.82, 2.24) is 0 Å². The molecule has 272 valence electrons. The lowest BCUT2D eigenvalue weighted by Gasteiger charge is -2.31. The molecule has 0 radical (unpaired) electrons. The van der Waals surface area contributed by atoms with Crippen LogP contribution in [0.1, 0.15) is 0 Å². The van der Waals surface area contributed by atoms with Crippen molar-refractivity contribution in [2.45, 2.75) is 0 Å². The van der Waals surface area contributed by atoms with Gasteiger partial charge in [-0.15, -0.1) is 11.3 Å². The van der Waals surface area contributed by atoms with E-state index in [0.29, 0.717) is 0 Å². The molecule has 0 saturated carbocycles. The van der Waals surface area contributed by atoms with Crippen LogP contribution in [0.2, 0.25) is 0 Å². The number of hydrogen-bond donors (Lipinski definition) is 0. The fourth-order valence-corrected chi connectivity index (χ4v) is 10.1. The van der Waals surface area contributed by atoms with Crippen LogP contribution in [0.5, 0.6) is 0 Å². The summed E-state index contributed by atoms with van der Waals surface area (Å²) in [6.45, 7) is 0. The van der Waals surface area contributed by atoms with Gasteiger partial charge in [0.05, 0.1) is 11.4 Å². The van der Waals surface area contributed by atoms with Gasteiger partial charge in [0.25, 0.3) is 0 Å². The lowest BCUT2D eigenvalue weighted by molar-refractivity contribution is 1.30. The Bertz CT molecular complexity index is 3270. The van der Waals surface area contributed by atoms with Crippen LogP contribution in [-0.4, -0.2) is 0 Å². The van der Waals surface area contributed by atoms with Crippen LogP contribution in [0.25, 0.3) is 86.2 Å². The molecule has 1 aromatic heterocycles. The van der Waals surface area contributed by atoms with E-state index >= 15 is 0 Å². The van der Waals surface area contributed by atoms with Crippen LogP contribution in [-0.2, 0) is 0 Å². The number of fused-ring (bicyclic) bond motifs is 6. The highest BCUT2D eigenvalue weighted by Gasteiger charge is 2.24. The van der Waals surface area contributed by atoms with Gasteiger partial charge >= 0.3 is 0 Å². The maximum atomic E-state index is 2.50. The standard InChI is InChI=1S/C56H37NS/c1-3-17-38(18-4-1)43-22-9-12-27-50(43)55-45(39-19-5-2-6-20-39)28-16-31-52(55)57(53-37-41-21-7-8-23-44(41)47-24-10-11-25-48(47)53)42-35-33-40(34-36-42)46-29-15-30-51-49-26-13-14-32-54(49)58-56(46)51/h1-37H. The maximum Gasteiger partial charge on any atom is 0.0546 e. The van der Waals surface area contributed by atoms with Crippen molar-refractivity contribution in [1.29, 1.82) is 0 Å². The summed E-state index contributed by atoms with van der Waals surface area (Å²) >= 11 is 1.88. The highest BCUT2D eigenvalue weighted by atomic mass is 32.1. The molecular formula is C56H37NS. The summed E-state index contributed by atoms with van der Waals surface area (Å²) in [5, 5.41) is 7.52. The third kappa shape index (κ3) is 5.77. The zero-order valence-corrected chi connectivity index (χ0v) is 32.5. The normalized spacial score (nSPS) is 11.4. The first-order valence-corrected chi connectivity index (χ1v) is 20.7. The van der Waals surface area contributed by atoms with Crippen molar-refractivity contribution in [3.05, 3.63) is 224 Å². The summed E-state index contributed by atoms with van der Waals surface area (Å²) in [5.74, 6) is 0. The molecule has 1 nitrogen and oxygen atoms in total. The molecule has 10 aromatic carbocycles. The van der Waals surface area contributed by atoms with Crippen molar-refractivity contribution < 1.29 is 0 Å². The first-order valence-electron chi connectivity index (χ1n) is 19.8. The van der Waals surface area contributed by atoms with E-state index in [2.05, 4.69) is 229 Å². The molecule has 0 aliphatic heterocycles. The molecule has 0 N–H and O–H groups in total. The highest BCUT2D eigenvalue weighted by molar-refractivity contribution is 7.26. The SMILES string of the molecule is c1ccc(-c2ccccc2-c2c(-c3ccccc3)cccc2N(c2ccc(-c3cccc4c3sc3ccccc34)cc2)c2cc3ccccc3c3ccccc23)cc1. The van der Waals surface area contributed by atoms with Gasteiger partial charge in [-0.3, -0.25) is 0 Å². The van der Waals surface area contributed by atoms with Crippen molar-refractivity contribution in [3.8, 4) is 44.5 Å². The molecule has 0 atom stereocenters. The predicted octanol–water partition coefficient (Wildman–Crippen LogP) is 16.5.